The molecular weight excluding hydrogens is 304 g/mol. The zero-order valence-electron chi connectivity index (χ0n) is 12.5. The molecule has 7 heteroatoms. The molecule has 0 bridgehead atoms. The number of carbonyl (C=O) groups excluding carboxylic acids is 1. The van der Waals surface area contributed by atoms with E-state index >= 15 is 0 Å². The Morgan fingerprint density at radius 3 is 2.86 bits per heavy atom. The average Bonchev–Trinajstić information content (AvgIpc) is 2.90. The van der Waals surface area contributed by atoms with Crippen molar-refractivity contribution in [1.29, 1.82) is 0 Å². The third-order valence-electron chi connectivity index (χ3n) is 3.60. The molecule has 1 N–H and O–H groups in total. The Morgan fingerprint density at radius 1 is 1.48 bits per heavy atom. The number of nitrogens with one attached hydrogen (secondary N) is 1. The molecule has 1 aromatic rings. The van der Waals surface area contributed by atoms with Crippen LogP contribution in [0.2, 0.25) is 0 Å². The van der Waals surface area contributed by atoms with E-state index in [-0.39, 0.29) is 5.91 Å². The highest BCUT2D eigenvalue weighted by molar-refractivity contribution is 8.01. The molecule has 0 unspecified atom stereocenters. The zero-order valence-corrected chi connectivity index (χ0v) is 14.2. The lowest BCUT2D eigenvalue weighted by Crippen LogP contribution is -2.48. The van der Waals surface area contributed by atoms with Crippen LogP contribution in [-0.2, 0) is 4.79 Å². The Hall–Kier alpha value is -1.08. The van der Waals surface area contributed by atoms with Crippen LogP contribution < -0.4 is 5.32 Å². The van der Waals surface area contributed by atoms with Crippen molar-refractivity contribution in [2.45, 2.75) is 49.5 Å². The standard InChI is InChI=1S/C14H22N4OS2/c1-4-8-15-13-16-17-14(21-13)20-9-12(19)18-10(2)6-5-7-11(18)3/h4,10-11H,1,5-9H2,2-3H3,(H,15,16)/t10-,11+. The summed E-state index contributed by atoms with van der Waals surface area (Å²) in [6, 6.07) is 0.696. The van der Waals surface area contributed by atoms with E-state index in [1.165, 1.54) is 29.5 Å². The molecule has 2 rings (SSSR count). The lowest BCUT2D eigenvalue weighted by molar-refractivity contribution is -0.134. The minimum atomic E-state index is 0.204. The topological polar surface area (TPSA) is 58.1 Å². The maximum absolute atomic E-state index is 12.4. The Kier molecular flexibility index (Phi) is 6.05. The number of hydrogen-bond acceptors (Lipinski definition) is 6. The Labute approximate surface area is 134 Å². The summed E-state index contributed by atoms with van der Waals surface area (Å²) in [6.07, 6.45) is 5.20. The van der Waals surface area contributed by atoms with Gasteiger partial charge in [0, 0.05) is 18.6 Å². The van der Waals surface area contributed by atoms with Crippen molar-refractivity contribution in [2.75, 3.05) is 17.6 Å². The molecule has 1 saturated heterocycles. The number of nitrogens with zero attached hydrogens (tertiary/aromatic N) is 3. The highest BCUT2D eigenvalue weighted by Gasteiger charge is 2.28. The van der Waals surface area contributed by atoms with E-state index in [0.29, 0.717) is 24.4 Å². The van der Waals surface area contributed by atoms with E-state index in [2.05, 4.69) is 35.9 Å². The summed E-state index contributed by atoms with van der Waals surface area (Å²) < 4.78 is 0.826. The summed E-state index contributed by atoms with van der Waals surface area (Å²) in [5.41, 5.74) is 0. The molecule has 2 atom stereocenters. The van der Waals surface area contributed by atoms with E-state index < -0.39 is 0 Å². The second kappa shape index (κ2) is 7.79. The van der Waals surface area contributed by atoms with E-state index in [4.69, 9.17) is 0 Å². The highest BCUT2D eigenvalue weighted by Crippen LogP contribution is 2.28. The van der Waals surface area contributed by atoms with E-state index in [1.54, 1.807) is 6.08 Å². The van der Waals surface area contributed by atoms with Crippen molar-refractivity contribution >= 4 is 34.1 Å². The highest BCUT2D eigenvalue weighted by atomic mass is 32.2. The van der Waals surface area contributed by atoms with Gasteiger partial charge in [0.15, 0.2) is 4.34 Å². The quantitative estimate of drug-likeness (QED) is 0.643. The molecular formula is C14H22N4OS2. The lowest BCUT2D eigenvalue weighted by atomic mass is 9.98. The Bertz CT molecular complexity index is 481. The number of thioether (sulfide) groups is 1. The first-order valence-corrected chi connectivity index (χ1v) is 9.04. The number of piperidine rings is 1. The van der Waals surface area contributed by atoms with E-state index in [9.17, 15) is 4.79 Å². The van der Waals surface area contributed by atoms with Gasteiger partial charge in [0.1, 0.15) is 0 Å². The molecule has 0 radical (unpaired) electrons. The Morgan fingerprint density at radius 2 is 2.19 bits per heavy atom. The third-order valence-corrected chi connectivity index (χ3v) is 5.60. The molecule has 2 heterocycles. The van der Waals surface area contributed by atoms with Gasteiger partial charge < -0.3 is 10.2 Å². The van der Waals surface area contributed by atoms with Crippen LogP contribution in [0.15, 0.2) is 17.0 Å². The second-order valence-electron chi connectivity index (χ2n) is 5.26. The van der Waals surface area contributed by atoms with Crippen molar-refractivity contribution in [3.05, 3.63) is 12.7 Å². The van der Waals surface area contributed by atoms with Gasteiger partial charge in [-0.3, -0.25) is 4.79 Å². The predicted octanol–water partition coefficient (Wildman–Crippen LogP) is 3.02. The smallest absolute Gasteiger partial charge is 0.233 e. The summed E-state index contributed by atoms with van der Waals surface area (Å²) in [5.74, 6) is 0.639. The fourth-order valence-electron chi connectivity index (χ4n) is 2.61. The molecule has 0 saturated carbocycles. The second-order valence-corrected chi connectivity index (χ2v) is 7.46. The zero-order chi connectivity index (χ0) is 15.2. The van der Waals surface area contributed by atoms with E-state index in [0.717, 1.165) is 22.3 Å². The van der Waals surface area contributed by atoms with Crippen LogP contribution in [0.1, 0.15) is 33.1 Å². The molecule has 1 aliphatic heterocycles. The van der Waals surface area contributed by atoms with Crippen LogP contribution >= 0.6 is 23.1 Å². The van der Waals surface area contributed by atoms with Crippen LogP contribution in [0.4, 0.5) is 5.13 Å². The number of rotatable bonds is 6. The number of aromatic nitrogens is 2. The first kappa shape index (κ1) is 16.3. The monoisotopic (exact) mass is 326 g/mol. The normalized spacial score (nSPS) is 22.1. The van der Waals surface area contributed by atoms with Crippen LogP contribution in [0.25, 0.3) is 0 Å². The van der Waals surface area contributed by atoms with Crippen molar-refractivity contribution in [1.82, 2.24) is 15.1 Å². The van der Waals surface area contributed by atoms with Gasteiger partial charge in [-0.05, 0) is 33.1 Å². The predicted molar refractivity (Wildman–Crippen MR) is 88.9 cm³/mol. The van der Waals surface area contributed by atoms with Crippen LogP contribution in [-0.4, -0.2) is 45.4 Å². The summed E-state index contributed by atoms with van der Waals surface area (Å²) in [5, 5.41) is 12.0. The first-order chi connectivity index (χ1) is 10.1. The molecule has 1 amide bonds. The maximum atomic E-state index is 12.4. The third kappa shape index (κ3) is 4.44. The van der Waals surface area contributed by atoms with Crippen LogP contribution in [0, 0.1) is 0 Å². The van der Waals surface area contributed by atoms with E-state index in [1.807, 2.05) is 4.90 Å². The fraction of sp³-hybridized carbons (Fsp3) is 0.643. The average molecular weight is 326 g/mol. The van der Waals surface area contributed by atoms with Crippen molar-refractivity contribution < 1.29 is 4.79 Å². The molecule has 0 spiro atoms. The number of carbonyl (C=O) groups is 1. The minimum absolute atomic E-state index is 0.204. The summed E-state index contributed by atoms with van der Waals surface area (Å²) in [4.78, 5) is 14.4. The first-order valence-electron chi connectivity index (χ1n) is 7.24. The van der Waals surface area contributed by atoms with Crippen LogP contribution in [0.3, 0.4) is 0 Å². The number of hydrogen-bond donors (Lipinski definition) is 1. The number of likely N-dealkylation sites (tertiary alicyclic amines) is 1. The van der Waals surface area contributed by atoms with Gasteiger partial charge in [-0.2, -0.15) is 0 Å². The van der Waals surface area contributed by atoms with Crippen molar-refractivity contribution in [3.8, 4) is 0 Å². The molecule has 1 fully saturated rings. The summed E-state index contributed by atoms with van der Waals surface area (Å²) >= 11 is 2.94. The van der Waals surface area contributed by atoms with Gasteiger partial charge in [-0.15, -0.1) is 16.8 Å². The molecule has 5 nitrogen and oxygen atoms in total. The number of anilines is 1. The maximum Gasteiger partial charge on any atom is 0.233 e. The molecule has 0 aromatic carbocycles. The SMILES string of the molecule is C=CCNc1nnc(SCC(=O)N2[C@H](C)CCC[C@@H]2C)s1. The van der Waals surface area contributed by atoms with Crippen molar-refractivity contribution in [3.63, 3.8) is 0 Å². The van der Waals surface area contributed by atoms with Gasteiger partial charge in [0.05, 0.1) is 5.75 Å². The largest absolute Gasteiger partial charge is 0.357 e. The molecule has 1 aliphatic rings. The van der Waals surface area contributed by atoms with Crippen LogP contribution in [0.5, 0.6) is 0 Å². The fourth-order valence-corrected chi connectivity index (χ4v) is 4.24. The Balaban J connectivity index is 1.85. The molecule has 21 heavy (non-hydrogen) atoms. The van der Waals surface area contributed by atoms with Crippen molar-refractivity contribution in [2.24, 2.45) is 0 Å². The van der Waals surface area contributed by atoms with Gasteiger partial charge in [0.2, 0.25) is 11.0 Å². The molecule has 1 aromatic heterocycles. The van der Waals surface area contributed by atoms with Gasteiger partial charge in [0.25, 0.3) is 0 Å². The summed E-state index contributed by atoms with van der Waals surface area (Å²) in [7, 11) is 0. The molecule has 0 aliphatic carbocycles. The number of amides is 1. The lowest BCUT2D eigenvalue weighted by Gasteiger charge is -2.39. The summed E-state index contributed by atoms with van der Waals surface area (Å²) in [6.45, 7) is 8.59. The molecule has 116 valence electrons. The van der Waals surface area contributed by atoms with Gasteiger partial charge in [-0.25, -0.2) is 0 Å². The minimum Gasteiger partial charge on any atom is -0.357 e. The van der Waals surface area contributed by atoms with Gasteiger partial charge in [-0.1, -0.05) is 29.2 Å². The van der Waals surface area contributed by atoms with Gasteiger partial charge >= 0.3 is 0 Å².